The lowest BCUT2D eigenvalue weighted by Crippen LogP contribution is -2.48. The van der Waals surface area contributed by atoms with Crippen LogP contribution < -0.4 is 0 Å². The molecule has 1 heterocycles. The number of aliphatic hydroxyl groups excluding tert-OH is 1. The quantitative estimate of drug-likeness (QED) is 0.869. The predicted molar refractivity (Wildman–Crippen MR) is 69.3 cm³/mol. The molecule has 0 bridgehead atoms. The molecule has 1 aromatic rings. The number of amides is 1. The summed E-state index contributed by atoms with van der Waals surface area (Å²) in [5.41, 5.74) is 1.13. The van der Waals surface area contributed by atoms with Crippen molar-refractivity contribution in [1.29, 1.82) is 0 Å². The number of benzene rings is 1. The van der Waals surface area contributed by atoms with Crippen molar-refractivity contribution < 1.29 is 9.90 Å². The molecule has 0 saturated carbocycles. The topological polar surface area (TPSA) is 43.8 Å². The number of carbonyl (C=O) groups excluding carboxylic acids is 1. The van der Waals surface area contributed by atoms with Crippen LogP contribution in [0.2, 0.25) is 0 Å². The fourth-order valence-electron chi connectivity index (χ4n) is 2.66. The largest absolute Gasteiger partial charge is 0.372 e. The summed E-state index contributed by atoms with van der Waals surface area (Å²) >= 11 is 0. The number of hydrogen-bond acceptors (Lipinski definition) is 3. The highest BCUT2D eigenvalue weighted by molar-refractivity contribution is 5.73. The van der Waals surface area contributed by atoms with Gasteiger partial charge in [0.25, 0.3) is 0 Å². The second-order valence-corrected chi connectivity index (χ2v) is 4.98. The Morgan fingerprint density at radius 2 is 1.94 bits per heavy atom. The lowest BCUT2D eigenvalue weighted by Gasteiger charge is -2.35. The van der Waals surface area contributed by atoms with Crippen LogP contribution in [0.15, 0.2) is 30.3 Å². The van der Waals surface area contributed by atoms with Crippen molar-refractivity contribution in [2.45, 2.75) is 45.5 Å². The summed E-state index contributed by atoms with van der Waals surface area (Å²) in [5, 5.41) is 13.5. The summed E-state index contributed by atoms with van der Waals surface area (Å²) in [4.78, 5) is 11.7. The molecule has 1 saturated heterocycles. The van der Waals surface area contributed by atoms with Crippen LogP contribution in [0, 0.1) is 0 Å². The Hall–Kier alpha value is -1.39. The summed E-state index contributed by atoms with van der Waals surface area (Å²) in [6.07, 6.45) is -0.169. The first kappa shape index (κ1) is 13.1. The number of rotatable bonds is 2. The molecule has 1 aliphatic heterocycles. The lowest BCUT2D eigenvalue weighted by atomic mass is 10.0. The number of carbonyl (C=O) groups is 1. The number of aliphatic hydroxyl groups is 1. The lowest BCUT2D eigenvalue weighted by molar-refractivity contribution is -0.164. The van der Waals surface area contributed by atoms with Crippen molar-refractivity contribution >= 4 is 5.91 Å². The third-order valence-electron chi connectivity index (χ3n) is 3.32. The van der Waals surface area contributed by atoms with E-state index >= 15 is 0 Å². The van der Waals surface area contributed by atoms with Gasteiger partial charge in [0, 0.05) is 19.4 Å². The molecule has 4 nitrogen and oxygen atoms in total. The van der Waals surface area contributed by atoms with E-state index in [2.05, 4.69) is 0 Å². The second-order valence-electron chi connectivity index (χ2n) is 4.98. The molecule has 1 aliphatic rings. The van der Waals surface area contributed by atoms with Gasteiger partial charge in [-0.25, -0.2) is 10.0 Å². The summed E-state index contributed by atoms with van der Waals surface area (Å²) in [5.74, 6) is -0.116. The fraction of sp³-hybridized carbons (Fsp3) is 0.500. The van der Waals surface area contributed by atoms with Gasteiger partial charge in [0.15, 0.2) is 0 Å². The van der Waals surface area contributed by atoms with E-state index in [9.17, 15) is 9.90 Å². The maximum absolute atomic E-state index is 11.7. The van der Waals surface area contributed by atoms with Crippen LogP contribution in [0.1, 0.15) is 38.8 Å². The first-order valence-corrected chi connectivity index (χ1v) is 6.33. The van der Waals surface area contributed by atoms with Gasteiger partial charge in [-0.15, -0.1) is 0 Å². The molecule has 1 N–H and O–H groups in total. The van der Waals surface area contributed by atoms with Gasteiger partial charge < -0.3 is 5.11 Å². The monoisotopic (exact) mass is 248 g/mol. The van der Waals surface area contributed by atoms with Gasteiger partial charge in [-0.05, 0) is 19.4 Å². The van der Waals surface area contributed by atoms with Gasteiger partial charge in [0.1, 0.15) is 6.23 Å². The molecule has 1 fully saturated rings. The standard InChI is InChI=1S/C14H20N2O2/c1-10(2)15-13(12-7-5-4-6-8-12)9-14(18)16(15)11(3)17/h4-8,10,13-14,18H,9H2,1-3H3. The Balaban J connectivity index is 2.34. The molecule has 0 aliphatic carbocycles. The van der Waals surface area contributed by atoms with Crippen molar-refractivity contribution in [2.24, 2.45) is 0 Å². The van der Waals surface area contributed by atoms with Crippen molar-refractivity contribution in [1.82, 2.24) is 10.0 Å². The molecular weight excluding hydrogens is 228 g/mol. The normalized spacial score (nSPS) is 24.8. The Morgan fingerprint density at radius 3 is 2.44 bits per heavy atom. The maximum Gasteiger partial charge on any atom is 0.236 e. The maximum atomic E-state index is 11.7. The molecule has 1 amide bonds. The van der Waals surface area contributed by atoms with E-state index in [1.54, 1.807) is 0 Å². The van der Waals surface area contributed by atoms with Crippen LogP contribution in [-0.2, 0) is 4.79 Å². The highest BCUT2D eigenvalue weighted by atomic mass is 16.3. The van der Waals surface area contributed by atoms with Gasteiger partial charge in [0.05, 0.1) is 6.04 Å². The summed E-state index contributed by atoms with van der Waals surface area (Å²) in [6, 6.07) is 10.2. The fourth-order valence-corrected chi connectivity index (χ4v) is 2.66. The average Bonchev–Trinajstić information content (AvgIpc) is 2.68. The third-order valence-corrected chi connectivity index (χ3v) is 3.32. The third kappa shape index (κ3) is 2.26. The summed E-state index contributed by atoms with van der Waals surface area (Å²) in [7, 11) is 0. The van der Waals surface area contributed by atoms with E-state index in [0.29, 0.717) is 6.42 Å². The number of nitrogens with zero attached hydrogens (tertiary/aromatic N) is 2. The Morgan fingerprint density at radius 1 is 1.33 bits per heavy atom. The van der Waals surface area contributed by atoms with Gasteiger partial charge in [-0.3, -0.25) is 4.79 Å². The number of hydrazine groups is 1. The molecule has 1 aromatic carbocycles. The summed E-state index contributed by atoms with van der Waals surface area (Å²) in [6.45, 7) is 5.56. The van der Waals surface area contributed by atoms with Crippen LogP contribution >= 0.6 is 0 Å². The number of hydrogen-bond donors (Lipinski definition) is 1. The average molecular weight is 248 g/mol. The van der Waals surface area contributed by atoms with Gasteiger partial charge in [0.2, 0.25) is 5.91 Å². The zero-order valence-corrected chi connectivity index (χ0v) is 11.1. The Labute approximate surface area is 108 Å². The molecular formula is C14H20N2O2. The first-order chi connectivity index (χ1) is 8.52. The molecule has 98 valence electrons. The second kappa shape index (κ2) is 5.08. The highest BCUT2D eigenvalue weighted by Crippen LogP contribution is 2.36. The van der Waals surface area contributed by atoms with E-state index in [4.69, 9.17) is 0 Å². The van der Waals surface area contributed by atoms with Crippen LogP contribution in [0.4, 0.5) is 0 Å². The predicted octanol–water partition coefficient (Wildman–Crippen LogP) is 1.92. The minimum atomic E-state index is -0.727. The van der Waals surface area contributed by atoms with Crippen LogP contribution in [0.25, 0.3) is 0 Å². The van der Waals surface area contributed by atoms with Crippen LogP contribution in [0.3, 0.4) is 0 Å². The Bertz CT molecular complexity index is 419. The van der Waals surface area contributed by atoms with E-state index in [1.165, 1.54) is 11.9 Å². The summed E-state index contributed by atoms with van der Waals surface area (Å²) < 4.78 is 0. The smallest absolute Gasteiger partial charge is 0.236 e. The molecule has 0 aromatic heterocycles. The SMILES string of the molecule is CC(=O)N1C(O)CC(c2ccccc2)N1C(C)C. The molecule has 2 rings (SSSR count). The minimum Gasteiger partial charge on any atom is -0.372 e. The van der Waals surface area contributed by atoms with Crippen molar-refractivity contribution in [2.75, 3.05) is 0 Å². The van der Waals surface area contributed by atoms with E-state index in [1.807, 2.05) is 49.2 Å². The highest BCUT2D eigenvalue weighted by Gasteiger charge is 2.41. The molecule has 2 unspecified atom stereocenters. The zero-order chi connectivity index (χ0) is 13.3. The van der Waals surface area contributed by atoms with Crippen molar-refractivity contribution in [3.8, 4) is 0 Å². The molecule has 2 atom stereocenters. The minimum absolute atomic E-state index is 0.0603. The first-order valence-electron chi connectivity index (χ1n) is 6.33. The van der Waals surface area contributed by atoms with E-state index < -0.39 is 6.23 Å². The van der Waals surface area contributed by atoms with E-state index in [-0.39, 0.29) is 18.0 Å². The molecule has 0 spiro atoms. The van der Waals surface area contributed by atoms with Crippen molar-refractivity contribution in [3.63, 3.8) is 0 Å². The van der Waals surface area contributed by atoms with Crippen LogP contribution in [-0.4, -0.2) is 33.3 Å². The van der Waals surface area contributed by atoms with Gasteiger partial charge in [-0.2, -0.15) is 0 Å². The Kier molecular flexibility index (Phi) is 3.68. The van der Waals surface area contributed by atoms with Crippen molar-refractivity contribution in [3.05, 3.63) is 35.9 Å². The molecule has 0 radical (unpaired) electrons. The molecule has 18 heavy (non-hydrogen) atoms. The van der Waals surface area contributed by atoms with Gasteiger partial charge in [-0.1, -0.05) is 30.3 Å². The van der Waals surface area contributed by atoms with E-state index in [0.717, 1.165) is 5.56 Å². The zero-order valence-electron chi connectivity index (χ0n) is 11.1. The van der Waals surface area contributed by atoms with Crippen LogP contribution in [0.5, 0.6) is 0 Å². The van der Waals surface area contributed by atoms with Gasteiger partial charge >= 0.3 is 0 Å². The molecule has 4 heteroatoms.